The number of carbonyl (C=O) groups is 2. The maximum absolute atomic E-state index is 13.6. The minimum atomic E-state index is -0.380. The number of hydrogen-bond acceptors (Lipinski definition) is 6. The van der Waals surface area contributed by atoms with Crippen molar-refractivity contribution < 1.29 is 19.4 Å². The summed E-state index contributed by atoms with van der Waals surface area (Å²) in [6, 6.07) is 10.9. The van der Waals surface area contributed by atoms with Crippen LogP contribution in [0.1, 0.15) is 61.0 Å². The van der Waals surface area contributed by atoms with Gasteiger partial charge in [-0.3, -0.25) is 9.59 Å². The number of rotatable bonds is 7. The Bertz CT molecular complexity index is 1190. The summed E-state index contributed by atoms with van der Waals surface area (Å²) in [5.41, 5.74) is 1.77. The van der Waals surface area contributed by atoms with Gasteiger partial charge in [-0.1, -0.05) is 43.4 Å². The topological polar surface area (TPSA) is 86.2 Å². The summed E-state index contributed by atoms with van der Waals surface area (Å²) in [7, 11) is 1.81. The van der Waals surface area contributed by atoms with Gasteiger partial charge in [-0.25, -0.2) is 4.98 Å². The smallest absolute Gasteiger partial charge is 0.259 e. The van der Waals surface area contributed by atoms with E-state index in [0.717, 1.165) is 25.2 Å². The van der Waals surface area contributed by atoms with Crippen LogP contribution < -0.4 is 4.74 Å². The zero-order valence-electron chi connectivity index (χ0n) is 23.3. The molecule has 0 spiro atoms. The summed E-state index contributed by atoms with van der Waals surface area (Å²) in [6.45, 7) is 7.34. The van der Waals surface area contributed by atoms with Crippen LogP contribution in [0.3, 0.4) is 0 Å². The lowest BCUT2D eigenvalue weighted by molar-refractivity contribution is -0.131. The van der Waals surface area contributed by atoms with Gasteiger partial charge in [0.1, 0.15) is 11.7 Å². The van der Waals surface area contributed by atoms with E-state index in [1.54, 1.807) is 22.1 Å². The number of nitrogens with zero attached hydrogens (tertiary/aromatic N) is 4. The lowest BCUT2D eigenvalue weighted by Crippen LogP contribution is -2.50. The molecule has 4 rings (SSSR count). The maximum atomic E-state index is 13.6. The molecule has 39 heavy (non-hydrogen) atoms. The van der Waals surface area contributed by atoms with E-state index < -0.39 is 0 Å². The summed E-state index contributed by atoms with van der Waals surface area (Å²) in [5.74, 6) is 6.16. The predicted molar refractivity (Wildman–Crippen MR) is 150 cm³/mol. The number of aliphatic hydroxyl groups excluding tert-OH is 1. The van der Waals surface area contributed by atoms with Crippen LogP contribution in [-0.2, 0) is 4.79 Å². The van der Waals surface area contributed by atoms with E-state index >= 15 is 0 Å². The minimum absolute atomic E-state index is 0.0785. The van der Waals surface area contributed by atoms with Gasteiger partial charge < -0.3 is 24.5 Å². The molecule has 8 nitrogen and oxygen atoms in total. The summed E-state index contributed by atoms with van der Waals surface area (Å²) in [6.07, 6.45) is 5.38. The number of ether oxygens (including phenoxy) is 1. The van der Waals surface area contributed by atoms with Crippen molar-refractivity contribution in [2.45, 2.75) is 51.7 Å². The van der Waals surface area contributed by atoms with Crippen LogP contribution in [0.2, 0.25) is 0 Å². The van der Waals surface area contributed by atoms with Crippen molar-refractivity contribution in [2.24, 2.45) is 5.92 Å². The van der Waals surface area contributed by atoms with Gasteiger partial charge in [0, 0.05) is 49.8 Å². The number of amides is 2. The zero-order chi connectivity index (χ0) is 27.8. The fourth-order valence-corrected chi connectivity index (χ4v) is 5.05. The molecule has 3 heterocycles. The van der Waals surface area contributed by atoms with E-state index in [-0.39, 0.29) is 42.4 Å². The third-order valence-electron chi connectivity index (χ3n) is 7.62. The Kier molecular flexibility index (Phi) is 9.96. The normalized spacial score (nSPS) is 20.5. The predicted octanol–water partition coefficient (Wildman–Crippen LogP) is 3.04. The molecule has 2 aliphatic rings. The van der Waals surface area contributed by atoms with Crippen molar-refractivity contribution in [2.75, 3.05) is 46.4 Å². The Labute approximate surface area is 232 Å². The van der Waals surface area contributed by atoms with E-state index in [1.807, 2.05) is 51.2 Å². The van der Waals surface area contributed by atoms with Crippen molar-refractivity contribution >= 4 is 11.8 Å². The van der Waals surface area contributed by atoms with Gasteiger partial charge in [0.05, 0.1) is 19.2 Å². The molecule has 1 N–H and O–H groups in total. The lowest BCUT2D eigenvalue weighted by atomic mass is 9.99. The molecule has 0 radical (unpaired) electrons. The summed E-state index contributed by atoms with van der Waals surface area (Å²) >= 11 is 0. The Hall–Kier alpha value is -3.41. The molecule has 1 fully saturated rings. The van der Waals surface area contributed by atoms with Crippen molar-refractivity contribution in [1.29, 1.82) is 0 Å². The molecule has 1 saturated heterocycles. The Balaban J connectivity index is 1.54. The monoisotopic (exact) mass is 532 g/mol. The van der Waals surface area contributed by atoms with Crippen molar-refractivity contribution in [3.05, 3.63) is 59.3 Å². The number of carbonyl (C=O) groups excluding carboxylic acids is 2. The van der Waals surface area contributed by atoms with Crippen molar-refractivity contribution in [1.82, 2.24) is 19.7 Å². The number of aromatic nitrogens is 1. The number of likely N-dealkylation sites (N-methyl/N-ethyl adjacent to an activating group) is 1. The first-order valence-corrected chi connectivity index (χ1v) is 14.0. The first-order valence-electron chi connectivity index (χ1n) is 14.0. The van der Waals surface area contributed by atoms with Gasteiger partial charge in [0.25, 0.3) is 5.91 Å². The molecule has 1 aromatic heterocycles. The molecule has 8 heteroatoms. The van der Waals surface area contributed by atoms with Crippen LogP contribution in [0.25, 0.3) is 0 Å². The van der Waals surface area contributed by atoms with Crippen LogP contribution in [-0.4, -0.2) is 95.1 Å². The third kappa shape index (κ3) is 7.59. The molecular formula is C31H40N4O4. The summed E-state index contributed by atoms with van der Waals surface area (Å²) < 4.78 is 6.34. The SMILES string of the molecule is C[C@@H]1CN([C@H](C)CO)C(=O)c2cc(C#Cc3ccccc3)cnc2O[C@H]1CN(C)C(=O)CCN1CCCCC1. The molecule has 3 atom stereocenters. The average molecular weight is 533 g/mol. The minimum Gasteiger partial charge on any atom is -0.472 e. The van der Waals surface area contributed by atoms with Crippen LogP contribution in [0, 0.1) is 17.8 Å². The molecule has 2 aromatic rings. The van der Waals surface area contributed by atoms with E-state index in [0.29, 0.717) is 30.6 Å². The van der Waals surface area contributed by atoms with Crippen LogP contribution >= 0.6 is 0 Å². The van der Waals surface area contributed by atoms with E-state index in [9.17, 15) is 14.7 Å². The standard InChI is InChI=1S/C31H40N4O4/c1-23-20-35(24(2)22-36)31(38)27-18-26(13-12-25-10-6-4-7-11-25)19-32-30(27)39-28(23)21-33(3)29(37)14-17-34-15-8-5-9-16-34/h4,6-7,10-11,18-19,23-24,28,36H,5,8-9,14-17,20-22H2,1-3H3/t23-,24-,28+/m1/s1. The number of likely N-dealkylation sites (tertiary alicyclic amines) is 1. The highest BCUT2D eigenvalue weighted by Crippen LogP contribution is 2.27. The summed E-state index contributed by atoms with van der Waals surface area (Å²) in [5, 5.41) is 9.90. The van der Waals surface area contributed by atoms with Crippen LogP contribution in [0.5, 0.6) is 5.88 Å². The highest BCUT2D eigenvalue weighted by atomic mass is 16.5. The van der Waals surface area contributed by atoms with Gasteiger partial charge in [-0.2, -0.15) is 0 Å². The van der Waals surface area contributed by atoms with E-state index in [4.69, 9.17) is 4.74 Å². The lowest BCUT2D eigenvalue weighted by Gasteiger charge is -2.37. The molecule has 0 saturated carbocycles. The van der Waals surface area contributed by atoms with E-state index in [1.165, 1.54) is 19.3 Å². The maximum Gasteiger partial charge on any atom is 0.259 e. The average Bonchev–Trinajstić information content (AvgIpc) is 2.97. The fraction of sp³-hybridized carbons (Fsp3) is 0.516. The number of pyridine rings is 1. The first-order chi connectivity index (χ1) is 18.9. The van der Waals surface area contributed by atoms with Crippen LogP contribution in [0.15, 0.2) is 42.6 Å². The largest absolute Gasteiger partial charge is 0.472 e. The highest BCUT2D eigenvalue weighted by molar-refractivity contribution is 5.97. The van der Waals surface area contributed by atoms with Crippen molar-refractivity contribution in [3.8, 4) is 17.7 Å². The number of benzene rings is 1. The van der Waals surface area contributed by atoms with Gasteiger partial charge in [-0.15, -0.1) is 0 Å². The second-order valence-electron chi connectivity index (χ2n) is 10.7. The Morgan fingerprint density at radius 3 is 2.62 bits per heavy atom. The molecule has 0 bridgehead atoms. The molecular weight excluding hydrogens is 492 g/mol. The van der Waals surface area contributed by atoms with Crippen LogP contribution in [0.4, 0.5) is 0 Å². The Morgan fingerprint density at radius 2 is 1.90 bits per heavy atom. The first kappa shape index (κ1) is 28.6. The van der Waals surface area contributed by atoms with Gasteiger partial charge in [0.2, 0.25) is 11.8 Å². The fourth-order valence-electron chi connectivity index (χ4n) is 5.05. The molecule has 2 aliphatic heterocycles. The third-order valence-corrected chi connectivity index (χ3v) is 7.62. The van der Waals surface area contributed by atoms with Gasteiger partial charge in [-0.05, 0) is 51.1 Å². The quantitative estimate of drug-likeness (QED) is 0.552. The number of hydrogen-bond donors (Lipinski definition) is 1. The van der Waals surface area contributed by atoms with Crippen molar-refractivity contribution in [3.63, 3.8) is 0 Å². The molecule has 1 aromatic carbocycles. The zero-order valence-corrected chi connectivity index (χ0v) is 23.3. The number of aliphatic hydroxyl groups is 1. The number of piperidine rings is 1. The molecule has 0 aliphatic carbocycles. The van der Waals surface area contributed by atoms with Gasteiger partial charge in [0.15, 0.2) is 0 Å². The Morgan fingerprint density at radius 1 is 1.18 bits per heavy atom. The summed E-state index contributed by atoms with van der Waals surface area (Å²) in [4.78, 5) is 36.9. The second-order valence-corrected chi connectivity index (χ2v) is 10.7. The molecule has 0 unspecified atom stereocenters. The highest BCUT2D eigenvalue weighted by Gasteiger charge is 2.34. The van der Waals surface area contributed by atoms with Gasteiger partial charge >= 0.3 is 0 Å². The van der Waals surface area contributed by atoms with E-state index in [2.05, 4.69) is 21.7 Å². The molecule has 2 amide bonds. The second kappa shape index (κ2) is 13.6. The number of fused-ring (bicyclic) bond motifs is 1. The molecule has 208 valence electrons.